The molecule has 20 N–H and O–H groups in total. The van der Waals surface area contributed by atoms with Crippen LogP contribution < -0.4 is 45.9 Å². The van der Waals surface area contributed by atoms with Crippen LogP contribution in [0.15, 0.2) is 102 Å². The standard InChI is InChI=1S/C34H28N6O12S8.4H3N/c41-57(42,43)29-15-25(37-19-53)9-5-21(29)1-3-23-7-11-27(17-31(23)59(47,48)49)39-33(55)35-13-14-36-34(56)40-28-12-8-24(32(18-28)60(50,51)52)4-2-22-6-10-26(38-20-54)16-30(22)58(44,45)46;;;;/h1-12,15-18H,13-14H2,(H2,35,39,55)(H2,36,40,56)(H,41,42,43)(H,44,45,46)(H,47,48,49)(H,50,51,52);4*1H3/b3-1+,4-2+;;;;. The largest absolute Gasteiger partial charge is 0.744 e. The molecule has 0 saturated heterocycles. The molecule has 22 nitrogen and oxygen atoms in total. The van der Waals surface area contributed by atoms with E-state index in [0.717, 1.165) is 48.6 Å². The fourth-order valence-corrected chi connectivity index (χ4v) is 8.42. The maximum absolute atomic E-state index is 12.1. The molecule has 346 valence electrons. The summed E-state index contributed by atoms with van der Waals surface area (Å²) in [6.07, 6.45) is 4.54. The van der Waals surface area contributed by atoms with Gasteiger partial charge in [0.1, 0.15) is 40.5 Å². The number of aliphatic imine (C=N–C) groups is 2. The number of benzene rings is 4. The molecule has 0 radical (unpaired) electrons. The van der Waals surface area contributed by atoms with Gasteiger partial charge in [0.25, 0.3) is 0 Å². The first-order valence-electron chi connectivity index (χ1n) is 16.0. The normalized spacial score (nSPS) is 11.2. The zero-order valence-electron chi connectivity index (χ0n) is 33.7. The van der Waals surface area contributed by atoms with Gasteiger partial charge in [-0.05, 0) is 120 Å². The second-order valence-corrected chi connectivity index (χ2v) is 18.2. The van der Waals surface area contributed by atoms with Gasteiger partial charge in [-0.15, -0.1) is 0 Å². The van der Waals surface area contributed by atoms with Crippen LogP contribution in [0.2, 0.25) is 0 Å². The second-order valence-electron chi connectivity index (χ2n) is 11.6. The Bertz CT molecular complexity index is 2810. The lowest BCUT2D eigenvalue weighted by molar-refractivity contribution is 0.460. The molecule has 0 amide bonds. The molecule has 0 heterocycles. The summed E-state index contributed by atoms with van der Waals surface area (Å²) in [6.45, 7) is 0.231. The van der Waals surface area contributed by atoms with Crippen LogP contribution in [-0.4, -0.2) is 85.5 Å². The molecule has 30 heteroatoms. The van der Waals surface area contributed by atoms with Gasteiger partial charge in [-0.3, -0.25) is 0 Å². The highest BCUT2D eigenvalue weighted by Gasteiger charge is 2.14. The molecule has 0 spiro atoms. The van der Waals surface area contributed by atoms with E-state index in [1.165, 1.54) is 48.5 Å². The Balaban J connectivity index is 0.00000992. The highest BCUT2D eigenvalue weighted by Crippen LogP contribution is 2.29. The van der Waals surface area contributed by atoms with Gasteiger partial charge in [-0.25, -0.2) is 33.7 Å². The average Bonchev–Trinajstić information content (AvgIpc) is 3.15. The summed E-state index contributed by atoms with van der Waals surface area (Å²) >= 11 is 19.5. The van der Waals surface area contributed by atoms with E-state index in [4.69, 9.17) is 24.4 Å². The van der Waals surface area contributed by atoms with Gasteiger partial charge in [-0.1, -0.05) is 48.6 Å². The Morgan fingerprint density at radius 2 is 0.750 bits per heavy atom. The van der Waals surface area contributed by atoms with Gasteiger partial charge in [0.2, 0.25) is 0 Å². The third-order valence-corrected chi connectivity index (χ3v) is 11.8. The quantitative estimate of drug-likeness (QED) is 0.0226. The van der Waals surface area contributed by atoms with Crippen LogP contribution in [0.3, 0.4) is 0 Å². The first-order chi connectivity index (χ1) is 28.0. The number of anilines is 2. The highest BCUT2D eigenvalue weighted by atomic mass is 32.2. The van der Waals surface area contributed by atoms with Gasteiger partial charge in [-0.2, -0.15) is 9.98 Å². The Kier molecular flexibility index (Phi) is 22.8. The van der Waals surface area contributed by atoms with Crippen LogP contribution in [-0.2, 0) is 40.5 Å². The molecule has 4 aromatic carbocycles. The molecule has 0 unspecified atom stereocenters. The predicted octanol–water partition coefficient (Wildman–Crippen LogP) is 5.89. The summed E-state index contributed by atoms with van der Waals surface area (Å²) in [7, 11) is -20.2. The summed E-state index contributed by atoms with van der Waals surface area (Å²) in [5, 5.41) is 15.1. The van der Waals surface area contributed by atoms with Gasteiger partial charge in [0.05, 0.1) is 41.3 Å². The van der Waals surface area contributed by atoms with E-state index >= 15 is 0 Å². The van der Waals surface area contributed by atoms with E-state index in [2.05, 4.69) is 55.7 Å². The van der Waals surface area contributed by atoms with Crippen molar-refractivity contribution in [2.45, 2.75) is 19.6 Å². The maximum Gasteiger partial charge on any atom is 0.170 e. The van der Waals surface area contributed by atoms with Gasteiger partial charge < -0.3 is 64.1 Å². The summed E-state index contributed by atoms with van der Waals surface area (Å²) in [5.41, 5.74) is -0.238. The van der Waals surface area contributed by atoms with Crippen LogP contribution in [0.1, 0.15) is 22.3 Å². The summed E-state index contributed by atoms with van der Waals surface area (Å²) in [4.78, 5) is 4.55. The van der Waals surface area contributed by atoms with Crippen molar-refractivity contribution in [1.29, 1.82) is 0 Å². The van der Waals surface area contributed by atoms with E-state index in [0.29, 0.717) is 0 Å². The van der Waals surface area contributed by atoms with E-state index in [-0.39, 0.29) is 92.9 Å². The molecule has 64 heavy (non-hydrogen) atoms. The van der Waals surface area contributed by atoms with E-state index in [1.807, 2.05) is 10.3 Å². The molecule has 0 fully saturated rings. The molecule has 0 bridgehead atoms. The summed E-state index contributed by atoms with van der Waals surface area (Å²) in [6, 6.07) is 14.3. The second kappa shape index (κ2) is 24.8. The number of isothiocyanates is 2. The Hall–Kier alpha value is -5.18. The highest BCUT2D eigenvalue weighted by molar-refractivity contribution is 7.86. The number of quaternary nitrogens is 4. The van der Waals surface area contributed by atoms with Crippen LogP contribution in [0.5, 0.6) is 0 Å². The van der Waals surface area contributed by atoms with Crippen LogP contribution in [0, 0.1) is 0 Å². The number of nitrogens with one attached hydrogen (secondary N) is 4. The lowest BCUT2D eigenvalue weighted by Gasteiger charge is -2.16. The minimum absolute atomic E-state index is 0. The number of nitrogens with zero attached hydrogens (tertiary/aromatic N) is 2. The fourth-order valence-electron chi connectivity index (χ4n) is 4.99. The minimum Gasteiger partial charge on any atom is -0.744 e. The van der Waals surface area contributed by atoms with Gasteiger partial charge in [0.15, 0.2) is 10.2 Å². The van der Waals surface area contributed by atoms with Crippen LogP contribution >= 0.6 is 48.9 Å². The average molecular weight is 1040 g/mol. The molecule has 0 saturated carbocycles. The van der Waals surface area contributed by atoms with Crippen molar-refractivity contribution in [3.63, 3.8) is 0 Å². The molecule has 4 rings (SSSR count). The van der Waals surface area contributed by atoms with Gasteiger partial charge >= 0.3 is 0 Å². The van der Waals surface area contributed by atoms with Crippen molar-refractivity contribution in [3.8, 4) is 0 Å². The van der Waals surface area contributed by atoms with E-state index in [1.54, 1.807) is 0 Å². The monoisotopic (exact) mass is 1040 g/mol. The van der Waals surface area contributed by atoms with Crippen LogP contribution in [0.25, 0.3) is 24.3 Å². The Morgan fingerprint density at radius 3 is 1.02 bits per heavy atom. The van der Waals surface area contributed by atoms with E-state index in [9.17, 15) is 51.9 Å². The third kappa shape index (κ3) is 17.1. The SMILES string of the molecule is O=S(=O)([O-])c1cc(N=C=S)ccc1/C=C/c1ccc(NC(=S)NCCNC(=S)Nc2ccc(/C=C/c3ccc(N=C=S)cc3S(=O)(=O)[O-])c(S(=O)(=O)[O-])c2)cc1S(=O)(=O)[O-].[NH4+].[NH4+].[NH4+].[NH4+]. The number of hydrogen-bond donors (Lipinski definition) is 8. The lowest BCUT2D eigenvalue weighted by atomic mass is 10.1. The molecule has 0 aliphatic rings. The first-order valence-corrected chi connectivity index (χ1v) is 23.3. The zero-order chi connectivity index (χ0) is 44.5. The Labute approximate surface area is 389 Å². The zero-order valence-corrected chi connectivity index (χ0v) is 40.2. The number of hydrogen-bond acceptors (Lipinski definition) is 18. The van der Waals surface area contributed by atoms with Crippen molar-refractivity contribution in [2.75, 3.05) is 23.7 Å². The van der Waals surface area contributed by atoms with Gasteiger partial charge in [0, 0.05) is 24.5 Å². The maximum atomic E-state index is 12.1. The third-order valence-electron chi connectivity index (χ3n) is 7.55. The van der Waals surface area contributed by atoms with Crippen molar-refractivity contribution in [3.05, 3.63) is 95.1 Å². The van der Waals surface area contributed by atoms with Crippen molar-refractivity contribution in [2.24, 2.45) is 9.98 Å². The molecule has 0 aliphatic heterocycles. The van der Waals surface area contributed by atoms with Crippen molar-refractivity contribution < 1.29 is 51.9 Å². The van der Waals surface area contributed by atoms with E-state index < -0.39 is 60.1 Å². The fraction of sp³-hybridized carbons (Fsp3) is 0.0588. The first kappa shape index (κ1) is 58.8. The molecule has 0 aromatic heterocycles. The molecular weight excluding hydrogens is 997 g/mol. The van der Waals surface area contributed by atoms with Crippen LogP contribution in [0.4, 0.5) is 22.7 Å². The van der Waals surface area contributed by atoms with Crippen molar-refractivity contribution in [1.82, 2.24) is 35.2 Å². The molecule has 0 aliphatic carbocycles. The number of thiocarbonyl (C=S) groups is 4. The Morgan fingerprint density at radius 1 is 0.484 bits per heavy atom. The summed E-state index contributed by atoms with van der Waals surface area (Å²) in [5.74, 6) is 0. The molecular formula is C34H40N10O12S8. The number of rotatable bonds is 15. The predicted molar refractivity (Wildman–Crippen MR) is 257 cm³/mol. The lowest BCUT2D eigenvalue weighted by Crippen LogP contribution is -2.38. The van der Waals surface area contributed by atoms with Crippen molar-refractivity contribution >= 4 is 157 Å². The minimum atomic E-state index is -5.09. The molecule has 0 atom stereocenters. The topological polar surface area (TPSA) is 448 Å². The summed E-state index contributed by atoms with van der Waals surface area (Å²) < 4.78 is 144. The molecule has 4 aromatic rings. The smallest absolute Gasteiger partial charge is 0.170 e.